The van der Waals surface area contributed by atoms with Gasteiger partial charge in [-0.2, -0.15) is 0 Å². The van der Waals surface area contributed by atoms with Crippen LogP contribution < -0.4 is 20.1 Å². The maximum absolute atomic E-state index is 5.80. The molecule has 2 N–H and O–H groups in total. The lowest BCUT2D eigenvalue weighted by Crippen LogP contribution is -2.39. The lowest BCUT2D eigenvalue weighted by atomic mass is 10.2. The summed E-state index contributed by atoms with van der Waals surface area (Å²) in [5, 5.41) is 6.56. The molecule has 0 saturated heterocycles. The van der Waals surface area contributed by atoms with E-state index in [-0.39, 0.29) is 0 Å². The molecule has 0 radical (unpaired) electrons. The van der Waals surface area contributed by atoms with Crippen molar-refractivity contribution in [1.82, 2.24) is 15.5 Å². The average molecular weight is 385 g/mol. The number of aliphatic imine (C=N–C) groups is 1. The van der Waals surface area contributed by atoms with E-state index in [0.717, 1.165) is 36.1 Å². The van der Waals surface area contributed by atoms with Crippen LogP contribution in [0.15, 0.2) is 59.6 Å². The molecule has 0 unspecified atom stereocenters. The van der Waals surface area contributed by atoms with Gasteiger partial charge in [-0.15, -0.1) is 0 Å². The molecule has 0 saturated carbocycles. The highest BCUT2D eigenvalue weighted by Gasteiger charge is 2.00. The van der Waals surface area contributed by atoms with Crippen molar-refractivity contribution in [3.63, 3.8) is 0 Å². The van der Waals surface area contributed by atoms with E-state index in [1.807, 2.05) is 62.6 Å². The highest BCUT2D eigenvalue weighted by Crippen LogP contribution is 2.14. The van der Waals surface area contributed by atoms with Gasteiger partial charge in [0.2, 0.25) is 0 Å². The summed E-state index contributed by atoms with van der Waals surface area (Å²) in [6.07, 6.45) is 0. The lowest BCUT2D eigenvalue weighted by molar-refractivity contribution is 0.261. The van der Waals surface area contributed by atoms with Gasteiger partial charge in [-0.25, -0.2) is 4.99 Å². The first kappa shape index (κ1) is 21.6. The smallest absolute Gasteiger partial charge is 0.191 e. The summed E-state index contributed by atoms with van der Waals surface area (Å²) in [6.45, 7) is 6.25. The zero-order valence-corrected chi connectivity index (χ0v) is 17.1. The Morgan fingerprint density at radius 2 is 1.68 bits per heavy atom. The van der Waals surface area contributed by atoms with Crippen molar-refractivity contribution in [3.05, 3.63) is 60.2 Å². The van der Waals surface area contributed by atoms with E-state index >= 15 is 0 Å². The summed E-state index contributed by atoms with van der Waals surface area (Å²) in [5.74, 6) is 2.53. The SMILES string of the molecule is CCNC(=NCc1cccc(OCCN(C)C)c1)NCCOc1ccccc1. The molecule has 0 spiro atoms. The third-order valence-corrected chi connectivity index (χ3v) is 3.88. The minimum atomic E-state index is 0.573. The second-order valence-corrected chi connectivity index (χ2v) is 6.58. The van der Waals surface area contributed by atoms with Crippen LogP contribution in [0.4, 0.5) is 0 Å². The topological polar surface area (TPSA) is 58.1 Å². The van der Waals surface area contributed by atoms with Crippen LogP contribution in [0, 0.1) is 0 Å². The molecular formula is C22H32N4O2. The molecule has 0 aromatic heterocycles. The van der Waals surface area contributed by atoms with Gasteiger partial charge in [0.1, 0.15) is 24.7 Å². The molecule has 6 nitrogen and oxygen atoms in total. The minimum absolute atomic E-state index is 0.573. The molecule has 0 amide bonds. The van der Waals surface area contributed by atoms with Gasteiger partial charge in [-0.1, -0.05) is 30.3 Å². The Kier molecular flexibility index (Phi) is 9.72. The van der Waals surface area contributed by atoms with Crippen LogP contribution in [-0.2, 0) is 6.54 Å². The van der Waals surface area contributed by atoms with Crippen molar-refractivity contribution < 1.29 is 9.47 Å². The fourth-order valence-corrected chi connectivity index (χ4v) is 2.45. The first-order valence-electron chi connectivity index (χ1n) is 9.74. The third kappa shape index (κ3) is 8.77. The van der Waals surface area contributed by atoms with E-state index < -0.39 is 0 Å². The number of hydrogen-bond acceptors (Lipinski definition) is 4. The predicted molar refractivity (Wildman–Crippen MR) is 115 cm³/mol. The van der Waals surface area contributed by atoms with Crippen LogP contribution in [0.2, 0.25) is 0 Å². The number of benzene rings is 2. The van der Waals surface area contributed by atoms with Crippen molar-refractivity contribution >= 4 is 5.96 Å². The molecule has 0 aliphatic rings. The average Bonchev–Trinajstić information content (AvgIpc) is 2.70. The third-order valence-electron chi connectivity index (χ3n) is 3.88. The van der Waals surface area contributed by atoms with E-state index in [0.29, 0.717) is 26.3 Å². The summed E-state index contributed by atoms with van der Waals surface area (Å²) in [7, 11) is 4.07. The summed E-state index contributed by atoms with van der Waals surface area (Å²) in [5.41, 5.74) is 1.11. The number of nitrogens with zero attached hydrogens (tertiary/aromatic N) is 2. The zero-order valence-electron chi connectivity index (χ0n) is 17.1. The summed E-state index contributed by atoms with van der Waals surface area (Å²) in [6, 6.07) is 17.9. The number of nitrogens with one attached hydrogen (secondary N) is 2. The lowest BCUT2D eigenvalue weighted by Gasteiger charge is -2.13. The number of rotatable bonds is 11. The highest BCUT2D eigenvalue weighted by atomic mass is 16.5. The number of likely N-dealkylation sites (N-methyl/N-ethyl adjacent to an activating group) is 1. The van der Waals surface area contributed by atoms with Gasteiger partial charge in [-0.05, 0) is 50.8 Å². The van der Waals surface area contributed by atoms with E-state index in [4.69, 9.17) is 9.47 Å². The van der Waals surface area contributed by atoms with Gasteiger partial charge in [0.15, 0.2) is 5.96 Å². The van der Waals surface area contributed by atoms with Gasteiger partial charge in [-0.3, -0.25) is 0 Å². The van der Waals surface area contributed by atoms with Crippen LogP contribution in [0.3, 0.4) is 0 Å². The maximum atomic E-state index is 5.80. The van der Waals surface area contributed by atoms with Gasteiger partial charge in [0, 0.05) is 13.1 Å². The number of ether oxygens (including phenoxy) is 2. The zero-order chi connectivity index (χ0) is 20.0. The fourth-order valence-electron chi connectivity index (χ4n) is 2.45. The first-order valence-corrected chi connectivity index (χ1v) is 9.74. The summed E-state index contributed by atoms with van der Waals surface area (Å²) >= 11 is 0. The van der Waals surface area contributed by atoms with Crippen LogP contribution >= 0.6 is 0 Å². The molecule has 2 rings (SSSR count). The Morgan fingerprint density at radius 3 is 2.43 bits per heavy atom. The predicted octanol–water partition coefficient (Wildman–Crippen LogP) is 2.76. The number of hydrogen-bond donors (Lipinski definition) is 2. The Labute approximate surface area is 168 Å². The largest absolute Gasteiger partial charge is 0.492 e. The molecule has 28 heavy (non-hydrogen) atoms. The van der Waals surface area contributed by atoms with Gasteiger partial charge < -0.3 is 25.0 Å². The van der Waals surface area contributed by atoms with E-state index in [2.05, 4.69) is 33.5 Å². The Hall–Kier alpha value is -2.73. The van der Waals surface area contributed by atoms with Crippen molar-refractivity contribution in [3.8, 4) is 11.5 Å². The maximum Gasteiger partial charge on any atom is 0.191 e. The van der Waals surface area contributed by atoms with E-state index in [1.54, 1.807) is 0 Å². The molecule has 152 valence electrons. The molecule has 0 aliphatic carbocycles. The quantitative estimate of drug-likeness (QED) is 0.354. The molecule has 0 atom stereocenters. The Bertz CT molecular complexity index is 705. The van der Waals surface area contributed by atoms with Gasteiger partial charge >= 0.3 is 0 Å². The first-order chi connectivity index (χ1) is 13.7. The van der Waals surface area contributed by atoms with Crippen molar-refractivity contribution in [2.24, 2.45) is 4.99 Å². The van der Waals surface area contributed by atoms with Crippen LogP contribution in [-0.4, -0.2) is 57.8 Å². The second-order valence-electron chi connectivity index (χ2n) is 6.58. The molecule has 0 bridgehead atoms. The molecule has 2 aromatic carbocycles. The number of guanidine groups is 1. The van der Waals surface area contributed by atoms with Gasteiger partial charge in [0.25, 0.3) is 0 Å². The summed E-state index contributed by atoms with van der Waals surface area (Å²) in [4.78, 5) is 6.75. The van der Waals surface area contributed by atoms with Crippen molar-refractivity contribution in [1.29, 1.82) is 0 Å². The molecule has 0 fully saturated rings. The van der Waals surface area contributed by atoms with Gasteiger partial charge in [0.05, 0.1) is 13.1 Å². The van der Waals surface area contributed by atoms with Crippen LogP contribution in [0.25, 0.3) is 0 Å². The molecular weight excluding hydrogens is 352 g/mol. The monoisotopic (exact) mass is 384 g/mol. The Balaban J connectivity index is 1.80. The van der Waals surface area contributed by atoms with Crippen LogP contribution in [0.5, 0.6) is 11.5 Å². The standard InChI is InChI=1S/C22H32N4O2/c1-4-23-22(24-13-15-27-20-10-6-5-7-11-20)25-18-19-9-8-12-21(17-19)28-16-14-26(2)3/h5-12,17H,4,13-16,18H2,1-3H3,(H2,23,24,25). The Morgan fingerprint density at radius 1 is 0.929 bits per heavy atom. The van der Waals surface area contributed by atoms with E-state index in [1.165, 1.54) is 0 Å². The summed E-state index contributed by atoms with van der Waals surface area (Å²) < 4.78 is 11.5. The van der Waals surface area contributed by atoms with Crippen LogP contribution in [0.1, 0.15) is 12.5 Å². The molecule has 0 heterocycles. The highest BCUT2D eigenvalue weighted by molar-refractivity contribution is 5.79. The number of para-hydroxylation sites is 1. The molecule has 6 heteroatoms. The minimum Gasteiger partial charge on any atom is -0.492 e. The molecule has 0 aliphatic heterocycles. The van der Waals surface area contributed by atoms with Crippen molar-refractivity contribution in [2.75, 3.05) is 46.9 Å². The van der Waals surface area contributed by atoms with Crippen molar-refractivity contribution in [2.45, 2.75) is 13.5 Å². The van der Waals surface area contributed by atoms with E-state index in [9.17, 15) is 0 Å². The normalized spacial score (nSPS) is 11.4. The molecule has 2 aromatic rings. The second kappa shape index (κ2) is 12.6. The fraction of sp³-hybridized carbons (Fsp3) is 0.409.